The van der Waals surface area contributed by atoms with Gasteiger partial charge in [0, 0.05) is 11.2 Å². The van der Waals surface area contributed by atoms with Crippen molar-refractivity contribution < 1.29 is 57.6 Å². The molecule has 1 aliphatic heterocycles. The van der Waals surface area contributed by atoms with E-state index in [1.807, 2.05) is 0 Å². The van der Waals surface area contributed by atoms with Crippen molar-refractivity contribution in [1.29, 1.82) is 0 Å². The largest absolute Gasteiger partial charge is 1.00 e. The van der Waals surface area contributed by atoms with Crippen molar-refractivity contribution >= 4 is 41.7 Å². The van der Waals surface area contributed by atoms with Crippen LogP contribution in [-0.2, 0) is 23.1 Å². The van der Waals surface area contributed by atoms with E-state index in [-0.39, 0.29) is 65.7 Å². The van der Waals surface area contributed by atoms with Crippen LogP contribution in [0.3, 0.4) is 0 Å². The van der Waals surface area contributed by atoms with Crippen LogP contribution in [0, 0.1) is 5.41 Å². The van der Waals surface area contributed by atoms with Gasteiger partial charge in [0.1, 0.15) is 18.1 Å². The Balaban J connectivity index is 0.00000341. The van der Waals surface area contributed by atoms with E-state index >= 15 is 0 Å². The molecule has 1 unspecified atom stereocenters. The number of hydrogen-bond acceptors (Lipinski definition) is 11. The molecule has 0 saturated carbocycles. The Morgan fingerprint density at radius 3 is 2.81 bits per heavy atom. The summed E-state index contributed by atoms with van der Waals surface area (Å²) >= 11 is 1.04. The average Bonchev–Trinajstić information content (AvgIpc) is 3.30. The third-order valence-electron chi connectivity index (χ3n) is 4.38. The predicted octanol–water partition coefficient (Wildman–Crippen LogP) is -1.10. The molecule has 1 aliphatic rings. The SMILES string of the molecule is CC(C)(C)C(=O)SCCOP(=O)([O-])OC[C@@H]1CC[C@H](n2cnc3c(N)ncnc32)O1.[Na+]. The van der Waals surface area contributed by atoms with Gasteiger partial charge in [-0.1, -0.05) is 32.5 Å². The number of hydrogen-bond donors (Lipinski definition) is 1. The van der Waals surface area contributed by atoms with E-state index in [9.17, 15) is 14.3 Å². The van der Waals surface area contributed by atoms with Crippen LogP contribution in [-0.4, -0.2) is 49.7 Å². The number of nitrogens with two attached hydrogens (primary N) is 1. The first-order valence-electron chi connectivity index (χ1n) is 9.42. The molecule has 3 atom stereocenters. The van der Waals surface area contributed by atoms with E-state index in [1.165, 1.54) is 6.33 Å². The number of fused-ring (bicyclic) bond motifs is 1. The summed E-state index contributed by atoms with van der Waals surface area (Å²) in [5.74, 6) is 0.510. The smallest absolute Gasteiger partial charge is 0.756 e. The molecule has 166 valence electrons. The molecule has 2 N–H and O–H groups in total. The van der Waals surface area contributed by atoms with Crippen LogP contribution >= 0.6 is 19.6 Å². The summed E-state index contributed by atoms with van der Waals surface area (Å²) in [5.41, 5.74) is 6.34. The monoisotopic (exact) mass is 481 g/mol. The first kappa shape index (κ1) is 26.7. The summed E-state index contributed by atoms with van der Waals surface area (Å²) in [6, 6.07) is 0. The van der Waals surface area contributed by atoms with E-state index in [1.54, 1.807) is 31.7 Å². The van der Waals surface area contributed by atoms with Gasteiger partial charge >= 0.3 is 29.6 Å². The molecule has 1 saturated heterocycles. The standard InChI is InChI=1S/C17H26N5O6PS.Na/c1-17(2,3)16(23)30-7-6-26-29(24,25)27-8-11-4-5-12(28-11)22-10-21-13-14(18)19-9-20-15(13)22;/h9-12H,4-8H2,1-3H3,(H,24,25)(H2,18,19,20);/q;+1/p-1/t11-,12+;/m0./s1. The number of nitrogen functional groups attached to an aromatic ring is 1. The van der Waals surface area contributed by atoms with Crippen molar-refractivity contribution in [3.05, 3.63) is 12.7 Å². The minimum atomic E-state index is -4.48. The number of nitrogens with zero attached hydrogens (tertiary/aromatic N) is 4. The summed E-state index contributed by atoms with van der Waals surface area (Å²) < 4.78 is 29.3. The van der Waals surface area contributed by atoms with Gasteiger partial charge in [0.05, 0.1) is 25.6 Å². The molecule has 2 aromatic rings. The van der Waals surface area contributed by atoms with Crippen LogP contribution in [0.4, 0.5) is 5.82 Å². The van der Waals surface area contributed by atoms with Gasteiger partial charge in [0.15, 0.2) is 16.6 Å². The summed E-state index contributed by atoms with van der Waals surface area (Å²) in [5, 5.41) is -0.0304. The molecule has 11 nitrogen and oxygen atoms in total. The van der Waals surface area contributed by atoms with Gasteiger partial charge in [-0.05, 0) is 12.8 Å². The molecule has 1 fully saturated rings. The number of anilines is 1. The summed E-state index contributed by atoms with van der Waals surface area (Å²) in [4.78, 5) is 36.0. The zero-order chi connectivity index (χ0) is 21.9. The topological polar surface area (TPSA) is 155 Å². The van der Waals surface area contributed by atoms with Crippen LogP contribution in [0.15, 0.2) is 12.7 Å². The molecular weight excluding hydrogens is 456 g/mol. The normalized spacial score (nSPS) is 21.0. The van der Waals surface area contributed by atoms with Gasteiger partial charge < -0.3 is 24.4 Å². The quantitative estimate of drug-likeness (QED) is 0.277. The fourth-order valence-electron chi connectivity index (χ4n) is 2.81. The van der Waals surface area contributed by atoms with E-state index in [0.29, 0.717) is 24.0 Å². The van der Waals surface area contributed by atoms with Gasteiger partial charge in [-0.2, -0.15) is 0 Å². The van der Waals surface area contributed by atoms with Crippen LogP contribution in [0.1, 0.15) is 39.8 Å². The third-order valence-corrected chi connectivity index (χ3v) is 6.59. The van der Waals surface area contributed by atoms with Crippen LogP contribution < -0.4 is 40.2 Å². The van der Waals surface area contributed by atoms with Crippen molar-refractivity contribution in [3.8, 4) is 0 Å². The fourth-order valence-corrected chi connectivity index (χ4v) is 4.45. The molecule has 0 bridgehead atoms. The number of carbonyl (C=O) groups is 1. The molecule has 31 heavy (non-hydrogen) atoms. The molecule has 0 aliphatic carbocycles. The molecule has 3 rings (SSSR count). The number of aromatic nitrogens is 4. The number of carbonyl (C=O) groups excluding carboxylic acids is 1. The molecule has 0 aromatic carbocycles. The van der Waals surface area contributed by atoms with E-state index in [2.05, 4.69) is 15.0 Å². The maximum atomic E-state index is 11.9. The van der Waals surface area contributed by atoms with E-state index in [0.717, 1.165) is 11.8 Å². The molecular formula is C17H25N5NaO6PS. The Morgan fingerprint density at radius 1 is 1.35 bits per heavy atom. The number of imidazole rings is 1. The van der Waals surface area contributed by atoms with Gasteiger partial charge in [0.2, 0.25) is 0 Å². The summed E-state index contributed by atoms with van der Waals surface area (Å²) in [6.07, 6.45) is 3.38. The second kappa shape index (κ2) is 11.0. The van der Waals surface area contributed by atoms with Crippen molar-refractivity contribution in [2.24, 2.45) is 5.41 Å². The minimum absolute atomic E-state index is 0. The Kier molecular flexibility index (Phi) is 9.51. The second-order valence-corrected chi connectivity index (χ2v) is 10.3. The number of phosphoric ester groups is 1. The summed E-state index contributed by atoms with van der Waals surface area (Å²) in [6.45, 7) is 5.11. The van der Waals surface area contributed by atoms with E-state index in [4.69, 9.17) is 19.5 Å². The van der Waals surface area contributed by atoms with Crippen molar-refractivity contribution in [3.63, 3.8) is 0 Å². The first-order valence-corrected chi connectivity index (χ1v) is 11.9. The third kappa shape index (κ3) is 7.21. The molecule has 2 aromatic heterocycles. The number of phosphoric acid groups is 1. The Morgan fingerprint density at radius 2 is 2.10 bits per heavy atom. The molecule has 3 heterocycles. The zero-order valence-corrected chi connectivity index (χ0v) is 21.7. The van der Waals surface area contributed by atoms with Crippen molar-refractivity contribution in [2.45, 2.75) is 45.9 Å². The minimum Gasteiger partial charge on any atom is -0.756 e. The average molecular weight is 481 g/mol. The van der Waals surface area contributed by atoms with Gasteiger partial charge in [-0.25, -0.2) is 15.0 Å². The van der Waals surface area contributed by atoms with Gasteiger partial charge in [-0.15, -0.1) is 0 Å². The first-order chi connectivity index (χ1) is 14.1. The van der Waals surface area contributed by atoms with Crippen LogP contribution in [0.25, 0.3) is 11.2 Å². The number of rotatable bonds is 8. The van der Waals surface area contributed by atoms with Gasteiger partial charge in [0.25, 0.3) is 7.82 Å². The Hall–Kier alpha value is -0.560. The number of thioether (sulfide) groups is 1. The second-order valence-electron chi connectivity index (χ2n) is 7.84. The Bertz CT molecular complexity index is 955. The maximum Gasteiger partial charge on any atom is 1.00 e. The molecule has 0 radical (unpaired) electrons. The summed E-state index contributed by atoms with van der Waals surface area (Å²) in [7, 11) is -4.48. The van der Waals surface area contributed by atoms with Gasteiger partial charge in [-0.3, -0.25) is 13.9 Å². The van der Waals surface area contributed by atoms with Crippen LogP contribution in [0.2, 0.25) is 0 Å². The zero-order valence-electron chi connectivity index (χ0n) is 18.0. The van der Waals surface area contributed by atoms with Crippen molar-refractivity contribution in [1.82, 2.24) is 19.5 Å². The predicted molar refractivity (Wildman–Crippen MR) is 109 cm³/mol. The molecule has 0 amide bonds. The Labute approximate surface area is 206 Å². The molecule has 14 heteroatoms. The molecule has 0 spiro atoms. The van der Waals surface area contributed by atoms with Crippen LogP contribution in [0.5, 0.6) is 0 Å². The maximum absolute atomic E-state index is 11.9. The fraction of sp³-hybridized carbons (Fsp3) is 0.647. The van der Waals surface area contributed by atoms with E-state index < -0.39 is 19.3 Å². The van der Waals surface area contributed by atoms with Crippen molar-refractivity contribution in [2.75, 3.05) is 24.7 Å². The number of ether oxygens (including phenoxy) is 1.